The third-order valence-corrected chi connectivity index (χ3v) is 9.86. The molecule has 1 aromatic rings. The largest absolute Gasteiger partial charge is 0.354 e. The number of carbonyl (C=O) groups excluding carboxylic acids is 1. The molecular formula is C23H32N2O3S. The fourth-order valence-corrected chi connectivity index (χ4v) is 8.30. The highest BCUT2D eigenvalue weighted by Crippen LogP contribution is 2.59. The van der Waals surface area contributed by atoms with Crippen molar-refractivity contribution >= 4 is 15.9 Å². The molecule has 1 amide bonds. The zero-order chi connectivity index (χ0) is 20.2. The van der Waals surface area contributed by atoms with Crippen LogP contribution in [0.15, 0.2) is 24.3 Å². The van der Waals surface area contributed by atoms with Crippen molar-refractivity contribution in [2.24, 2.45) is 23.2 Å². The lowest BCUT2D eigenvalue weighted by atomic mass is 9.49. The number of carbonyl (C=O) groups is 1. The van der Waals surface area contributed by atoms with Crippen molar-refractivity contribution in [3.63, 3.8) is 0 Å². The topological polar surface area (TPSA) is 66.5 Å². The quantitative estimate of drug-likeness (QED) is 0.802. The Labute approximate surface area is 174 Å². The Kier molecular flexibility index (Phi) is 4.78. The summed E-state index contributed by atoms with van der Waals surface area (Å²) in [7, 11) is -3.45. The first-order valence-corrected chi connectivity index (χ1v) is 12.8. The molecule has 4 saturated carbocycles. The van der Waals surface area contributed by atoms with E-state index in [-0.39, 0.29) is 17.1 Å². The minimum Gasteiger partial charge on any atom is -0.354 e. The van der Waals surface area contributed by atoms with Crippen LogP contribution in [0.3, 0.4) is 0 Å². The van der Waals surface area contributed by atoms with Gasteiger partial charge in [-0.15, -0.1) is 0 Å². The maximum atomic E-state index is 13.3. The molecule has 158 valence electrons. The van der Waals surface area contributed by atoms with Gasteiger partial charge in [-0.25, -0.2) is 8.42 Å². The zero-order valence-corrected chi connectivity index (χ0v) is 18.1. The van der Waals surface area contributed by atoms with Gasteiger partial charge in [-0.2, -0.15) is 4.31 Å². The summed E-state index contributed by atoms with van der Waals surface area (Å²) in [5, 5.41) is 3.22. The normalized spacial score (nSPS) is 36.0. The highest BCUT2D eigenvalue weighted by atomic mass is 32.2. The second-order valence-corrected chi connectivity index (χ2v) is 12.3. The molecule has 0 saturated heterocycles. The predicted molar refractivity (Wildman–Crippen MR) is 113 cm³/mol. The van der Waals surface area contributed by atoms with Gasteiger partial charge in [0.2, 0.25) is 15.9 Å². The first-order chi connectivity index (χ1) is 13.9. The van der Waals surface area contributed by atoms with Crippen LogP contribution in [0.25, 0.3) is 0 Å². The number of hydrogen-bond acceptors (Lipinski definition) is 3. The number of hydrogen-bond donors (Lipinski definition) is 1. The van der Waals surface area contributed by atoms with Crippen LogP contribution in [-0.4, -0.2) is 37.0 Å². The molecule has 5 nitrogen and oxygen atoms in total. The van der Waals surface area contributed by atoms with Gasteiger partial charge in [-0.3, -0.25) is 4.79 Å². The smallest absolute Gasteiger partial charge is 0.238 e. The van der Waals surface area contributed by atoms with E-state index in [1.807, 2.05) is 24.3 Å². The monoisotopic (exact) mass is 416 g/mol. The van der Waals surface area contributed by atoms with Gasteiger partial charge in [0.15, 0.2) is 0 Å². The van der Waals surface area contributed by atoms with Crippen molar-refractivity contribution in [1.82, 2.24) is 9.62 Å². The van der Waals surface area contributed by atoms with Crippen molar-refractivity contribution in [2.45, 2.75) is 64.5 Å². The van der Waals surface area contributed by atoms with E-state index in [2.05, 4.69) is 5.32 Å². The number of amides is 1. The van der Waals surface area contributed by atoms with Crippen LogP contribution in [0.5, 0.6) is 0 Å². The number of rotatable bonds is 5. The second kappa shape index (κ2) is 7.09. The van der Waals surface area contributed by atoms with Crippen LogP contribution < -0.4 is 5.32 Å². The van der Waals surface area contributed by atoms with Crippen molar-refractivity contribution in [2.75, 3.05) is 12.3 Å². The van der Waals surface area contributed by atoms with Gasteiger partial charge >= 0.3 is 0 Å². The number of nitrogens with one attached hydrogen (secondary N) is 1. The first kappa shape index (κ1) is 19.6. The van der Waals surface area contributed by atoms with Crippen LogP contribution >= 0.6 is 0 Å². The SMILES string of the molecule is CCS(=O)(=O)N1Cc2ccccc2C[C@H]1C(=O)NCC12CC3CC(CC(C3)C1)C2. The molecule has 4 bridgehead atoms. The molecule has 1 atom stereocenters. The van der Waals surface area contributed by atoms with Crippen LogP contribution in [0, 0.1) is 23.2 Å². The molecular weight excluding hydrogens is 384 g/mol. The molecule has 0 aromatic heterocycles. The molecule has 6 rings (SSSR count). The first-order valence-electron chi connectivity index (χ1n) is 11.2. The predicted octanol–water partition coefficient (Wildman–Crippen LogP) is 3.10. The lowest BCUT2D eigenvalue weighted by Crippen LogP contribution is -2.56. The maximum Gasteiger partial charge on any atom is 0.238 e. The summed E-state index contributed by atoms with van der Waals surface area (Å²) in [4.78, 5) is 13.3. The Balaban J connectivity index is 1.34. The Morgan fingerprint density at radius 3 is 2.24 bits per heavy atom. The molecule has 0 unspecified atom stereocenters. The van der Waals surface area contributed by atoms with E-state index in [1.54, 1.807) is 6.92 Å². The minimum atomic E-state index is -3.45. The summed E-state index contributed by atoms with van der Waals surface area (Å²) in [6.07, 6.45) is 8.33. The van der Waals surface area contributed by atoms with E-state index in [0.29, 0.717) is 19.5 Å². The van der Waals surface area contributed by atoms with E-state index < -0.39 is 16.1 Å². The lowest BCUT2D eigenvalue weighted by molar-refractivity contribution is -0.127. The molecule has 1 N–H and O–H groups in total. The molecule has 0 spiro atoms. The van der Waals surface area contributed by atoms with Crippen molar-refractivity contribution < 1.29 is 13.2 Å². The summed E-state index contributed by atoms with van der Waals surface area (Å²) in [6, 6.07) is 7.25. The molecule has 5 aliphatic rings. The van der Waals surface area contributed by atoms with Gasteiger partial charge in [-0.1, -0.05) is 24.3 Å². The summed E-state index contributed by atoms with van der Waals surface area (Å²) in [5.41, 5.74) is 2.35. The fraction of sp³-hybridized carbons (Fsp3) is 0.696. The van der Waals surface area contributed by atoms with Crippen LogP contribution in [-0.2, 0) is 27.8 Å². The van der Waals surface area contributed by atoms with E-state index >= 15 is 0 Å². The molecule has 1 heterocycles. The fourth-order valence-electron chi connectivity index (χ4n) is 7.08. The van der Waals surface area contributed by atoms with E-state index in [4.69, 9.17) is 0 Å². The van der Waals surface area contributed by atoms with Crippen molar-refractivity contribution in [1.29, 1.82) is 0 Å². The van der Waals surface area contributed by atoms with E-state index in [9.17, 15) is 13.2 Å². The number of benzene rings is 1. The lowest BCUT2D eigenvalue weighted by Gasteiger charge is -2.57. The molecule has 0 radical (unpaired) electrons. The molecule has 4 aliphatic carbocycles. The van der Waals surface area contributed by atoms with Crippen LogP contribution in [0.2, 0.25) is 0 Å². The summed E-state index contributed by atoms with van der Waals surface area (Å²) in [5.74, 6) is 2.44. The van der Waals surface area contributed by atoms with Crippen molar-refractivity contribution in [3.8, 4) is 0 Å². The molecule has 29 heavy (non-hydrogen) atoms. The second-order valence-electron chi connectivity index (χ2n) is 10.1. The Bertz CT molecular complexity index is 875. The van der Waals surface area contributed by atoms with E-state index in [0.717, 1.165) is 28.9 Å². The van der Waals surface area contributed by atoms with Gasteiger partial charge in [0.05, 0.1) is 5.75 Å². The Hall–Kier alpha value is -1.40. The average Bonchev–Trinajstić information content (AvgIpc) is 2.70. The molecule has 6 heteroatoms. The van der Waals surface area contributed by atoms with Crippen LogP contribution in [0.4, 0.5) is 0 Å². The van der Waals surface area contributed by atoms with Gasteiger partial charge < -0.3 is 5.32 Å². The maximum absolute atomic E-state index is 13.3. The Morgan fingerprint density at radius 2 is 1.66 bits per heavy atom. The van der Waals surface area contributed by atoms with Crippen LogP contribution in [0.1, 0.15) is 56.6 Å². The summed E-state index contributed by atoms with van der Waals surface area (Å²) >= 11 is 0. The zero-order valence-electron chi connectivity index (χ0n) is 17.3. The highest BCUT2D eigenvalue weighted by molar-refractivity contribution is 7.89. The van der Waals surface area contributed by atoms with Gasteiger partial charge in [0.25, 0.3) is 0 Å². The minimum absolute atomic E-state index is 0.0218. The molecule has 1 aromatic carbocycles. The highest BCUT2D eigenvalue weighted by Gasteiger charge is 2.51. The standard InChI is InChI=1S/C23H32N2O3S/c1-2-29(27,28)25-14-20-6-4-3-5-19(20)10-21(25)22(26)24-15-23-11-16-7-17(12-23)9-18(8-16)13-23/h3-6,16-18,21H,2,7-15H2,1H3,(H,24,26)/t16?,17?,18?,21-,23?/m0/s1. The van der Waals surface area contributed by atoms with E-state index in [1.165, 1.54) is 42.8 Å². The van der Waals surface area contributed by atoms with Gasteiger partial charge in [0, 0.05) is 13.1 Å². The van der Waals surface area contributed by atoms with Gasteiger partial charge in [-0.05, 0) is 86.2 Å². The summed E-state index contributed by atoms with van der Waals surface area (Å²) in [6.45, 7) is 2.66. The summed E-state index contributed by atoms with van der Waals surface area (Å²) < 4.78 is 26.9. The molecule has 1 aliphatic heterocycles. The average molecular weight is 417 g/mol. The van der Waals surface area contributed by atoms with Gasteiger partial charge in [0.1, 0.15) is 6.04 Å². The third-order valence-electron chi connectivity index (χ3n) is 8.03. The number of sulfonamides is 1. The number of fused-ring (bicyclic) bond motifs is 1. The number of nitrogens with zero attached hydrogens (tertiary/aromatic N) is 1. The third kappa shape index (κ3) is 3.52. The van der Waals surface area contributed by atoms with Crippen molar-refractivity contribution in [3.05, 3.63) is 35.4 Å². The molecule has 4 fully saturated rings. The Morgan fingerprint density at radius 1 is 1.07 bits per heavy atom.